The van der Waals surface area contributed by atoms with E-state index in [2.05, 4.69) is 26.2 Å². The first-order chi connectivity index (χ1) is 8.60. The van der Waals surface area contributed by atoms with Crippen molar-refractivity contribution in [3.05, 3.63) is 38.0 Å². The SMILES string of the molecule is COc1c(Br)cc(F)cc1NCc1cnc(Cl)s1. The number of hydrogen-bond acceptors (Lipinski definition) is 4. The Morgan fingerprint density at radius 3 is 2.94 bits per heavy atom. The van der Waals surface area contributed by atoms with E-state index in [0.29, 0.717) is 26.9 Å². The van der Waals surface area contributed by atoms with Gasteiger partial charge in [-0.15, -0.1) is 11.3 Å². The predicted octanol–water partition coefficient (Wildman–Crippen LogP) is 4.32. The summed E-state index contributed by atoms with van der Waals surface area (Å²) in [6.45, 7) is 0.511. The van der Waals surface area contributed by atoms with Crippen LogP contribution < -0.4 is 10.1 Å². The highest BCUT2D eigenvalue weighted by Crippen LogP contribution is 2.34. The Bertz CT molecular complexity index is 564. The van der Waals surface area contributed by atoms with E-state index in [4.69, 9.17) is 16.3 Å². The Morgan fingerprint density at radius 2 is 2.33 bits per heavy atom. The Morgan fingerprint density at radius 1 is 1.56 bits per heavy atom. The van der Waals surface area contributed by atoms with Crippen LogP contribution in [0.25, 0.3) is 0 Å². The van der Waals surface area contributed by atoms with Crippen LogP contribution in [0.5, 0.6) is 5.75 Å². The summed E-state index contributed by atoms with van der Waals surface area (Å²) in [6, 6.07) is 2.74. The third kappa shape index (κ3) is 3.13. The van der Waals surface area contributed by atoms with E-state index in [0.717, 1.165) is 4.88 Å². The van der Waals surface area contributed by atoms with Gasteiger partial charge in [0.2, 0.25) is 0 Å². The van der Waals surface area contributed by atoms with Gasteiger partial charge >= 0.3 is 0 Å². The van der Waals surface area contributed by atoms with Gasteiger partial charge in [-0.1, -0.05) is 11.6 Å². The minimum absolute atomic E-state index is 0.340. The zero-order valence-corrected chi connectivity index (χ0v) is 12.5. The third-order valence-electron chi connectivity index (χ3n) is 2.19. The summed E-state index contributed by atoms with van der Waals surface area (Å²) in [6.07, 6.45) is 1.68. The molecule has 0 atom stereocenters. The maximum Gasteiger partial charge on any atom is 0.183 e. The number of anilines is 1. The second-order valence-electron chi connectivity index (χ2n) is 3.40. The third-order valence-corrected chi connectivity index (χ3v) is 3.89. The maximum absolute atomic E-state index is 13.3. The van der Waals surface area contributed by atoms with Crippen LogP contribution in [0.1, 0.15) is 4.88 Å². The minimum Gasteiger partial charge on any atom is -0.493 e. The molecule has 1 aromatic carbocycles. The molecule has 0 radical (unpaired) electrons. The van der Waals surface area contributed by atoms with Crippen LogP contribution >= 0.6 is 38.9 Å². The van der Waals surface area contributed by atoms with Gasteiger partial charge in [-0.2, -0.15) is 0 Å². The molecule has 96 valence electrons. The molecule has 3 nitrogen and oxygen atoms in total. The first-order valence-corrected chi connectivity index (χ1v) is 6.96. The van der Waals surface area contributed by atoms with Crippen molar-refractivity contribution in [3.63, 3.8) is 0 Å². The van der Waals surface area contributed by atoms with Crippen LogP contribution in [0.15, 0.2) is 22.8 Å². The second kappa shape index (κ2) is 5.86. The molecular weight excluding hydrogens is 343 g/mol. The molecule has 2 rings (SSSR count). The Balaban J connectivity index is 2.18. The molecule has 0 unspecified atom stereocenters. The summed E-state index contributed by atoms with van der Waals surface area (Å²) in [5, 5.41) is 3.09. The van der Waals surface area contributed by atoms with Crippen molar-refractivity contribution in [2.24, 2.45) is 0 Å². The van der Waals surface area contributed by atoms with E-state index in [1.165, 1.54) is 30.6 Å². The van der Waals surface area contributed by atoms with Gasteiger partial charge in [0.1, 0.15) is 5.82 Å². The zero-order valence-electron chi connectivity index (χ0n) is 9.34. The van der Waals surface area contributed by atoms with E-state index in [1.807, 2.05) is 0 Å². The molecule has 1 heterocycles. The molecule has 0 aliphatic carbocycles. The van der Waals surface area contributed by atoms with Crippen LogP contribution in [0.2, 0.25) is 4.47 Å². The fraction of sp³-hybridized carbons (Fsp3) is 0.182. The van der Waals surface area contributed by atoms with E-state index in [-0.39, 0.29) is 5.82 Å². The quantitative estimate of drug-likeness (QED) is 0.891. The van der Waals surface area contributed by atoms with Crippen molar-refractivity contribution in [2.45, 2.75) is 6.54 Å². The summed E-state index contributed by atoms with van der Waals surface area (Å²) in [4.78, 5) is 4.90. The molecule has 1 aromatic heterocycles. The van der Waals surface area contributed by atoms with E-state index >= 15 is 0 Å². The number of thiazole rings is 1. The average molecular weight is 352 g/mol. The van der Waals surface area contributed by atoms with Gasteiger partial charge in [0.25, 0.3) is 0 Å². The van der Waals surface area contributed by atoms with Crippen LogP contribution in [-0.4, -0.2) is 12.1 Å². The fourth-order valence-corrected chi connectivity index (χ4v) is 2.96. The second-order valence-corrected chi connectivity index (χ2v) is 5.95. The van der Waals surface area contributed by atoms with Gasteiger partial charge in [0, 0.05) is 17.1 Å². The molecule has 0 aliphatic heterocycles. The fourth-order valence-electron chi connectivity index (χ4n) is 1.45. The van der Waals surface area contributed by atoms with E-state index in [9.17, 15) is 4.39 Å². The molecule has 0 saturated heterocycles. The molecular formula is C11H9BrClFN2OS. The average Bonchev–Trinajstić information content (AvgIpc) is 2.72. The van der Waals surface area contributed by atoms with Crippen LogP contribution in [0.4, 0.5) is 10.1 Å². The van der Waals surface area contributed by atoms with Crippen LogP contribution in [0.3, 0.4) is 0 Å². The van der Waals surface area contributed by atoms with Gasteiger partial charge in [-0.05, 0) is 22.0 Å². The lowest BCUT2D eigenvalue weighted by Gasteiger charge is -2.12. The Hall–Kier alpha value is -0.850. The number of rotatable bonds is 4. The number of aromatic nitrogens is 1. The molecule has 1 N–H and O–H groups in total. The number of benzene rings is 1. The van der Waals surface area contributed by atoms with Crippen LogP contribution in [0, 0.1) is 5.82 Å². The molecule has 0 spiro atoms. The standard InChI is InChI=1S/C11H9BrClFN2OS/c1-17-10-8(12)2-6(14)3-9(10)15-4-7-5-16-11(13)18-7/h2-3,5,15H,4H2,1H3. The molecule has 0 saturated carbocycles. The van der Waals surface area contributed by atoms with E-state index < -0.39 is 0 Å². The largest absolute Gasteiger partial charge is 0.493 e. The number of hydrogen-bond donors (Lipinski definition) is 1. The lowest BCUT2D eigenvalue weighted by molar-refractivity contribution is 0.412. The summed E-state index contributed by atoms with van der Waals surface area (Å²) in [5.41, 5.74) is 0.578. The van der Waals surface area contributed by atoms with Crippen molar-refractivity contribution in [3.8, 4) is 5.75 Å². The number of halogens is 3. The monoisotopic (exact) mass is 350 g/mol. The topological polar surface area (TPSA) is 34.1 Å². The first kappa shape index (κ1) is 13.6. The summed E-state index contributed by atoms with van der Waals surface area (Å²) in [5.74, 6) is 0.222. The highest BCUT2D eigenvalue weighted by atomic mass is 79.9. The summed E-state index contributed by atoms with van der Waals surface area (Å²) < 4.78 is 19.6. The van der Waals surface area contributed by atoms with Crippen molar-refractivity contribution in [1.29, 1.82) is 0 Å². The first-order valence-electron chi connectivity index (χ1n) is 4.97. The number of methoxy groups -OCH3 is 1. The van der Waals surface area contributed by atoms with Gasteiger partial charge in [-0.25, -0.2) is 9.37 Å². The van der Waals surface area contributed by atoms with Gasteiger partial charge in [0.05, 0.1) is 23.8 Å². The molecule has 7 heteroatoms. The predicted molar refractivity (Wildman–Crippen MR) is 75.1 cm³/mol. The van der Waals surface area contributed by atoms with Crippen molar-refractivity contribution >= 4 is 44.6 Å². The number of ether oxygens (including phenoxy) is 1. The highest BCUT2D eigenvalue weighted by Gasteiger charge is 2.10. The zero-order chi connectivity index (χ0) is 13.1. The van der Waals surface area contributed by atoms with Gasteiger partial charge in [0.15, 0.2) is 10.2 Å². The van der Waals surface area contributed by atoms with Gasteiger partial charge in [-0.3, -0.25) is 0 Å². The Kier molecular flexibility index (Phi) is 4.42. The molecule has 0 bridgehead atoms. The summed E-state index contributed by atoms with van der Waals surface area (Å²) >= 11 is 10.4. The van der Waals surface area contributed by atoms with Crippen LogP contribution in [-0.2, 0) is 6.54 Å². The Labute approximate surface area is 121 Å². The van der Waals surface area contributed by atoms with Crippen molar-refractivity contribution < 1.29 is 9.13 Å². The lowest BCUT2D eigenvalue weighted by Crippen LogP contribution is -2.01. The maximum atomic E-state index is 13.3. The molecule has 2 aromatic rings. The smallest absolute Gasteiger partial charge is 0.183 e. The molecule has 18 heavy (non-hydrogen) atoms. The minimum atomic E-state index is -0.340. The molecule has 0 amide bonds. The van der Waals surface area contributed by atoms with Crippen molar-refractivity contribution in [1.82, 2.24) is 4.98 Å². The van der Waals surface area contributed by atoms with Gasteiger partial charge < -0.3 is 10.1 Å². The highest BCUT2D eigenvalue weighted by molar-refractivity contribution is 9.10. The lowest BCUT2D eigenvalue weighted by atomic mass is 10.2. The number of nitrogens with one attached hydrogen (secondary N) is 1. The normalized spacial score (nSPS) is 10.4. The van der Waals surface area contributed by atoms with Crippen molar-refractivity contribution in [2.75, 3.05) is 12.4 Å². The molecule has 0 aliphatic rings. The number of nitrogens with zero attached hydrogens (tertiary/aromatic N) is 1. The molecule has 0 fully saturated rings. The van der Waals surface area contributed by atoms with E-state index in [1.54, 1.807) is 6.20 Å². The summed E-state index contributed by atoms with van der Waals surface area (Å²) in [7, 11) is 1.53.